The van der Waals surface area contributed by atoms with E-state index < -0.39 is 18.1 Å². The van der Waals surface area contributed by atoms with Crippen LogP contribution < -0.4 is 5.73 Å². The summed E-state index contributed by atoms with van der Waals surface area (Å²) in [6, 6.07) is -0.0381. The Labute approximate surface area is 88.1 Å². The lowest BCUT2D eigenvalue weighted by atomic mass is 10.1. The Morgan fingerprint density at radius 1 is 1.20 bits per heavy atom. The fourth-order valence-electron chi connectivity index (χ4n) is 0.909. The summed E-state index contributed by atoms with van der Waals surface area (Å²) in [7, 11) is 0. The van der Waals surface area contributed by atoms with Crippen LogP contribution in [0.3, 0.4) is 0 Å². The van der Waals surface area contributed by atoms with E-state index in [4.69, 9.17) is 5.73 Å². The van der Waals surface area contributed by atoms with Crippen LogP contribution in [0.2, 0.25) is 0 Å². The van der Waals surface area contributed by atoms with E-state index in [1.807, 2.05) is 0 Å². The van der Waals surface area contributed by atoms with Crippen LogP contribution in [0.1, 0.15) is 11.7 Å². The zero-order chi connectivity index (χ0) is 11.0. The molecule has 2 nitrogen and oxygen atoms in total. The van der Waals surface area contributed by atoms with Crippen molar-refractivity contribution in [2.45, 2.75) is 18.1 Å². The molecule has 15 heavy (non-hydrogen) atoms. The largest absolute Gasteiger partial charge is 0.455 e. The monoisotopic (exact) mass is 250 g/mol. The van der Waals surface area contributed by atoms with Crippen molar-refractivity contribution < 1.29 is 22.0 Å². The fourth-order valence-corrected chi connectivity index (χ4v) is 0.909. The maximum atomic E-state index is 12.6. The lowest BCUT2D eigenvalue weighted by Gasteiger charge is -2.24. The number of alkyl halides is 5. The minimum Gasteiger partial charge on any atom is -0.364 e. The minimum atomic E-state index is -5.64. The number of hydrogen-bond acceptors (Lipinski definition) is 1. The summed E-state index contributed by atoms with van der Waals surface area (Å²) >= 11 is 0. The van der Waals surface area contributed by atoms with Gasteiger partial charge in [0.15, 0.2) is 0 Å². The molecule has 1 aromatic rings. The molecule has 0 amide bonds. The van der Waals surface area contributed by atoms with Gasteiger partial charge in [0.2, 0.25) is 0 Å². The molecule has 1 atom stereocenters. The molecule has 0 aliphatic rings. The number of hydrogen-bond donors (Lipinski definition) is 2. The predicted molar refractivity (Wildman–Crippen MR) is 46.0 cm³/mol. The Morgan fingerprint density at radius 3 is 2.07 bits per heavy atom. The molecule has 1 aromatic heterocycles. The number of nitrogens with two attached hydrogens (primary N) is 1. The molecule has 3 N–H and O–H groups in total. The van der Waals surface area contributed by atoms with Gasteiger partial charge in [0, 0.05) is 11.9 Å². The van der Waals surface area contributed by atoms with Crippen LogP contribution in [0.4, 0.5) is 22.0 Å². The fraction of sp³-hybridized carbons (Fsp3) is 0.429. The van der Waals surface area contributed by atoms with E-state index in [0.717, 1.165) is 6.07 Å². The van der Waals surface area contributed by atoms with Crippen LogP contribution in [0, 0.1) is 0 Å². The number of aromatic nitrogens is 1. The van der Waals surface area contributed by atoms with Crippen molar-refractivity contribution in [3.05, 3.63) is 24.0 Å². The third kappa shape index (κ3) is 2.60. The average molecular weight is 251 g/mol. The molecule has 0 aliphatic heterocycles. The predicted octanol–water partition coefficient (Wildman–Crippen LogP) is 2.63. The summed E-state index contributed by atoms with van der Waals surface area (Å²) < 4.78 is 60.7. The summed E-state index contributed by atoms with van der Waals surface area (Å²) in [5, 5.41) is 0. The second-order valence-corrected chi connectivity index (χ2v) is 2.72. The van der Waals surface area contributed by atoms with Crippen molar-refractivity contribution in [3.63, 3.8) is 0 Å². The Kier molecular flexibility index (Phi) is 4.12. The lowest BCUT2D eigenvalue weighted by Crippen LogP contribution is -2.45. The van der Waals surface area contributed by atoms with Crippen molar-refractivity contribution in [1.29, 1.82) is 0 Å². The van der Waals surface area contributed by atoms with Crippen molar-refractivity contribution >= 4 is 12.4 Å². The highest BCUT2D eigenvalue weighted by atomic mass is 35.5. The summed E-state index contributed by atoms with van der Waals surface area (Å²) in [6.07, 6.45) is -4.42. The normalized spacial score (nSPS) is 14.5. The van der Waals surface area contributed by atoms with Gasteiger partial charge in [0.05, 0.1) is 0 Å². The number of H-pyrrole nitrogens is 1. The first kappa shape index (κ1) is 14.2. The van der Waals surface area contributed by atoms with E-state index in [2.05, 4.69) is 4.98 Å². The summed E-state index contributed by atoms with van der Waals surface area (Å²) in [5.74, 6) is -4.93. The van der Waals surface area contributed by atoms with E-state index in [1.165, 1.54) is 12.3 Å². The molecule has 0 fully saturated rings. The van der Waals surface area contributed by atoms with Gasteiger partial charge in [-0.2, -0.15) is 22.0 Å². The van der Waals surface area contributed by atoms with E-state index in [-0.39, 0.29) is 18.1 Å². The number of nitrogens with one attached hydrogen (secondary N) is 1. The molecule has 0 saturated carbocycles. The Balaban J connectivity index is 0.00000196. The molecule has 1 heterocycles. The second kappa shape index (κ2) is 4.36. The van der Waals surface area contributed by atoms with Gasteiger partial charge in [-0.1, -0.05) is 0 Å². The Morgan fingerprint density at radius 2 is 1.73 bits per heavy atom. The minimum absolute atomic E-state index is 0. The molecule has 0 aromatic carbocycles. The maximum absolute atomic E-state index is 12.6. The van der Waals surface area contributed by atoms with E-state index >= 15 is 0 Å². The van der Waals surface area contributed by atoms with Gasteiger partial charge in [-0.05, 0) is 12.1 Å². The highest BCUT2D eigenvalue weighted by Crippen LogP contribution is 2.42. The number of aromatic amines is 1. The van der Waals surface area contributed by atoms with E-state index in [0.29, 0.717) is 0 Å². The standard InChI is InChI=1S/C7H7F5N2.ClH/c8-6(9,7(10,11)12)5(13)4-2-1-3-14-4;/h1-3,5,14H,13H2;1H/t5-;/m1./s1. The molecular formula is C7H8ClF5N2. The van der Waals surface area contributed by atoms with Crippen LogP contribution in [0.25, 0.3) is 0 Å². The van der Waals surface area contributed by atoms with Gasteiger partial charge in [0.1, 0.15) is 6.04 Å². The quantitative estimate of drug-likeness (QED) is 0.779. The molecule has 88 valence electrons. The van der Waals surface area contributed by atoms with Crippen molar-refractivity contribution in [3.8, 4) is 0 Å². The zero-order valence-corrected chi connectivity index (χ0v) is 8.00. The lowest BCUT2D eigenvalue weighted by molar-refractivity contribution is -0.291. The van der Waals surface area contributed by atoms with Crippen LogP contribution in [-0.2, 0) is 0 Å². The van der Waals surface area contributed by atoms with Gasteiger partial charge in [-0.25, -0.2) is 0 Å². The maximum Gasteiger partial charge on any atom is 0.455 e. The van der Waals surface area contributed by atoms with Gasteiger partial charge in [0.25, 0.3) is 0 Å². The Hall–Kier alpha value is -0.820. The number of rotatable bonds is 2. The van der Waals surface area contributed by atoms with Crippen LogP contribution in [-0.4, -0.2) is 17.1 Å². The molecule has 0 radical (unpaired) electrons. The summed E-state index contributed by atoms with van der Waals surface area (Å²) in [5.41, 5.74) is 4.45. The molecule has 0 aliphatic carbocycles. The summed E-state index contributed by atoms with van der Waals surface area (Å²) in [4.78, 5) is 2.21. The molecule has 0 unspecified atom stereocenters. The van der Waals surface area contributed by atoms with Crippen molar-refractivity contribution in [2.24, 2.45) is 5.73 Å². The first-order valence-corrected chi connectivity index (χ1v) is 3.60. The molecule has 0 spiro atoms. The Bertz CT molecular complexity index is 295. The molecule has 0 saturated heterocycles. The van der Waals surface area contributed by atoms with Gasteiger partial charge in [-0.15, -0.1) is 12.4 Å². The van der Waals surface area contributed by atoms with Crippen LogP contribution in [0.15, 0.2) is 18.3 Å². The first-order chi connectivity index (χ1) is 6.27. The van der Waals surface area contributed by atoms with Gasteiger partial charge < -0.3 is 10.7 Å². The molecule has 0 bridgehead atoms. The molecule has 1 rings (SSSR count). The van der Waals surface area contributed by atoms with E-state index in [9.17, 15) is 22.0 Å². The van der Waals surface area contributed by atoms with Crippen LogP contribution >= 0.6 is 12.4 Å². The van der Waals surface area contributed by atoms with Crippen molar-refractivity contribution in [2.75, 3.05) is 0 Å². The molecule has 8 heteroatoms. The highest BCUT2D eigenvalue weighted by molar-refractivity contribution is 5.85. The van der Waals surface area contributed by atoms with Crippen LogP contribution in [0.5, 0.6) is 0 Å². The number of halogens is 6. The topological polar surface area (TPSA) is 41.8 Å². The average Bonchev–Trinajstić information content (AvgIpc) is 2.52. The SMILES string of the molecule is Cl.N[C@H](c1ccc[nH]1)C(F)(F)C(F)(F)F. The van der Waals surface area contributed by atoms with Gasteiger partial charge in [-0.3, -0.25) is 0 Å². The second-order valence-electron chi connectivity index (χ2n) is 2.72. The third-order valence-electron chi connectivity index (χ3n) is 1.73. The summed E-state index contributed by atoms with van der Waals surface area (Å²) in [6.45, 7) is 0. The smallest absolute Gasteiger partial charge is 0.364 e. The first-order valence-electron chi connectivity index (χ1n) is 3.60. The highest BCUT2D eigenvalue weighted by Gasteiger charge is 2.62. The van der Waals surface area contributed by atoms with Gasteiger partial charge >= 0.3 is 12.1 Å². The zero-order valence-electron chi connectivity index (χ0n) is 7.18. The van der Waals surface area contributed by atoms with E-state index in [1.54, 1.807) is 0 Å². The molecular weight excluding hydrogens is 243 g/mol. The van der Waals surface area contributed by atoms with Crippen molar-refractivity contribution in [1.82, 2.24) is 4.98 Å². The third-order valence-corrected chi connectivity index (χ3v) is 1.73.